The fraction of sp³-hybridized carbons (Fsp3) is 0.0909. The molecular weight excluding hydrogens is 194 g/mol. The number of nitrogens with zero attached hydrogens (tertiary/aromatic N) is 1. The molecule has 1 aromatic rings. The molecule has 0 spiro atoms. The molecule has 0 aliphatic rings. The second-order valence-corrected chi connectivity index (χ2v) is 2.59. The van der Waals surface area contributed by atoms with Gasteiger partial charge in [-0.15, -0.1) is 0 Å². The third-order valence-electron chi connectivity index (χ3n) is 1.73. The van der Waals surface area contributed by atoms with Gasteiger partial charge in [0.15, 0.2) is 23.9 Å². The van der Waals surface area contributed by atoms with Crippen LogP contribution in [0.3, 0.4) is 0 Å². The minimum Gasteiger partial charge on any atom is -0.504 e. The first kappa shape index (κ1) is 10.6. The summed E-state index contributed by atoms with van der Waals surface area (Å²) in [5.41, 5.74) is 0.567. The van der Waals surface area contributed by atoms with Gasteiger partial charge in [-0.25, -0.2) is 0 Å². The monoisotopic (exact) mass is 201 g/mol. The number of aromatic hydroxyl groups is 1. The van der Waals surface area contributed by atoms with Crippen molar-refractivity contribution in [2.75, 3.05) is 7.11 Å². The van der Waals surface area contributed by atoms with E-state index in [9.17, 15) is 9.90 Å². The van der Waals surface area contributed by atoms with Gasteiger partial charge in [-0.1, -0.05) is 0 Å². The predicted molar refractivity (Wildman–Crippen MR) is 52.5 cm³/mol. The van der Waals surface area contributed by atoms with E-state index in [1.165, 1.54) is 19.2 Å². The van der Waals surface area contributed by atoms with E-state index in [1.807, 2.05) is 0 Å². The highest BCUT2D eigenvalue weighted by Gasteiger charge is 2.07. The molecule has 0 bridgehead atoms. The Morgan fingerprint density at radius 2 is 2.27 bits per heavy atom. The number of carbonyl (C=O) groups excluding carboxylic acids is 1. The van der Waals surface area contributed by atoms with Crippen LogP contribution in [0.15, 0.2) is 12.1 Å². The zero-order chi connectivity index (χ0) is 11.3. The number of benzene rings is 1. The molecule has 4 heteroatoms. The quantitative estimate of drug-likeness (QED) is 0.574. The van der Waals surface area contributed by atoms with Gasteiger partial charge in [0, 0.05) is 23.1 Å². The molecule has 1 rings (SSSR count). The van der Waals surface area contributed by atoms with Gasteiger partial charge >= 0.3 is 0 Å². The third-order valence-corrected chi connectivity index (χ3v) is 1.73. The minimum absolute atomic E-state index is 0.137. The molecule has 0 unspecified atom stereocenters. The summed E-state index contributed by atoms with van der Waals surface area (Å²) in [5.74, 6) is 4.73. The lowest BCUT2D eigenvalue weighted by Gasteiger charge is -2.04. The van der Waals surface area contributed by atoms with Gasteiger partial charge in [0.05, 0.1) is 7.11 Å². The van der Waals surface area contributed by atoms with E-state index in [1.54, 1.807) is 6.07 Å². The molecule has 1 N–H and O–H groups in total. The van der Waals surface area contributed by atoms with E-state index >= 15 is 0 Å². The molecule has 0 amide bonds. The summed E-state index contributed by atoms with van der Waals surface area (Å²) < 4.78 is 4.85. The summed E-state index contributed by atoms with van der Waals surface area (Å²) >= 11 is 0. The zero-order valence-electron chi connectivity index (χ0n) is 7.94. The highest BCUT2D eigenvalue weighted by Crippen LogP contribution is 2.28. The lowest BCUT2D eigenvalue weighted by molar-refractivity contribution is 0.112. The Morgan fingerprint density at radius 3 is 2.80 bits per heavy atom. The standard InChI is InChI=1S/C11H7NO3/c1-15-11-6-8(3-2-4-12)9(7-13)5-10(11)14/h5-7,14H,1H3. The highest BCUT2D eigenvalue weighted by molar-refractivity contribution is 5.81. The summed E-state index contributed by atoms with van der Waals surface area (Å²) in [7, 11) is 1.39. The summed E-state index contributed by atoms with van der Waals surface area (Å²) in [6.07, 6.45) is 0.556. The summed E-state index contributed by atoms with van der Waals surface area (Å²) in [6, 6.07) is 4.29. The van der Waals surface area contributed by atoms with E-state index < -0.39 is 0 Å². The molecule has 0 fully saturated rings. The second kappa shape index (κ2) is 4.69. The van der Waals surface area contributed by atoms with Gasteiger partial charge in [0.1, 0.15) is 0 Å². The lowest BCUT2D eigenvalue weighted by atomic mass is 10.1. The predicted octanol–water partition coefficient (Wildman–Crippen LogP) is 1.09. The maximum Gasteiger partial charge on any atom is 0.161 e. The smallest absolute Gasteiger partial charge is 0.161 e. The molecule has 0 radical (unpaired) electrons. The summed E-state index contributed by atoms with van der Waals surface area (Å²) in [5, 5.41) is 17.7. The molecule has 4 nitrogen and oxygen atoms in total. The van der Waals surface area contributed by atoms with E-state index in [2.05, 4.69) is 11.8 Å². The number of carbonyl (C=O) groups is 1. The Bertz CT molecular complexity index is 489. The fourth-order valence-electron chi connectivity index (χ4n) is 1.05. The molecule has 0 heterocycles. The van der Waals surface area contributed by atoms with Crippen molar-refractivity contribution < 1.29 is 14.6 Å². The van der Waals surface area contributed by atoms with Crippen LogP contribution in [0.5, 0.6) is 11.5 Å². The first-order valence-corrected chi connectivity index (χ1v) is 3.99. The molecule has 0 saturated carbocycles. The molecule has 0 atom stereocenters. The topological polar surface area (TPSA) is 70.3 Å². The van der Waals surface area contributed by atoms with Crippen molar-refractivity contribution >= 4 is 6.29 Å². The third kappa shape index (κ3) is 2.26. The highest BCUT2D eigenvalue weighted by atomic mass is 16.5. The van der Waals surface area contributed by atoms with Gasteiger partial charge in [-0.3, -0.25) is 4.79 Å². The molecule has 0 saturated heterocycles. The van der Waals surface area contributed by atoms with Crippen molar-refractivity contribution in [3.63, 3.8) is 0 Å². The Hall–Kier alpha value is -2.46. The normalized spacial score (nSPS) is 8.27. The van der Waals surface area contributed by atoms with Crippen LogP contribution in [0.4, 0.5) is 0 Å². The minimum atomic E-state index is -0.137. The molecular formula is C11H7NO3. The second-order valence-electron chi connectivity index (χ2n) is 2.59. The van der Waals surface area contributed by atoms with E-state index in [0.29, 0.717) is 11.8 Å². The maximum absolute atomic E-state index is 10.6. The lowest BCUT2D eigenvalue weighted by Crippen LogP contribution is -1.91. The number of methoxy groups -OCH3 is 1. The number of nitriles is 1. The van der Waals surface area contributed by atoms with Gasteiger partial charge in [0.25, 0.3) is 0 Å². The van der Waals surface area contributed by atoms with Crippen molar-refractivity contribution in [2.45, 2.75) is 0 Å². The fourth-order valence-corrected chi connectivity index (χ4v) is 1.05. The maximum atomic E-state index is 10.6. The zero-order valence-corrected chi connectivity index (χ0v) is 7.94. The number of rotatable bonds is 2. The summed E-state index contributed by atoms with van der Waals surface area (Å²) in [4.78, 5) is 10.6. The van der Waals surface area contributed by atoms with Crippen molar-refractivity contribution in [1.29, 1.82) is 5.26 Å². The van der Waals surface area contributed by atoms with E-state index in [0.717, 1.165) is 0 Å². The number of phenols is 1. The molecule has 0 aliphatic heterocycles. The molecule has 74 valence electrons. The average molecular weight is 201 g/mol. The van der Waals surface area contributed by atoms with Crippen LogP contribution in [-0.4, -0.2) is 18.5 Å². The van der Waals surface area contributed by atoms with Crippen LogP contribution in [0.1, 0.15) is 15.9 Å². The van der Waals surface area contributed by atoms with Crippen LogP contribution in [0, 0.1) is 23.2 Å². The molecule has 0 aromatic heterocycles. The van der Waals surface area contributed by atoms with Crippen molar-refractivity contribution in [3.05, 3.63) is 23.3 Å². The SMILES string of the molecule is COc1cc(C#CC#N)c(C=O)cc1O. The van der Waals surface area contributed by atoms with Gasteiger partial charge in [-0.05, 0) is 12.0 Å². The Labute approximate surface area is 86.7 Å². The molecule has 15 heavy (non-hydrogen) atoms. The van der Waals surface area contributed by atoms with Crippen molar-refractivity contribution in [3.8, 4) is 29.4 Å². The Balaban J connectivity index is 3.36. The number of phenolic OH excluding ortho intramolecular Hbond substituents is 1. The number of aldehydes is 1. The first-order valence-electron chi connectivity index (χ1n) is 3.99. The Kier molecular flexibility index (Phi) is 3.32. The number of hydrogen-bond donors (Lipinski definition) is 1. The molecule has 1 aromatic carbocycles. The Morgan fingerprint density at radius 1 is 1.53 bits per heavy atom. The summed E-state index contributed by atoms with van der Waals surface area (Å²) in [6.45, 7) is 0. The largest absolute Gasteiger partial charge is 0.504 e. The van der Waals surface area contributed by atoms with Gasteiger partial charge in [-0.2, -0.15) is 5.26 Å². The van der Waals surface area contributed by atoms with Crippen LogP contribution in [0.25, 0.3) is 0 Å². The average Bonchev–Trinajstić information content (AvgIpc) is 2.26. The van der Waals surface area contributed by atoms with Crippen molar-refractivity contribution in [2.24, 2.45) is 0 Å². The van der Waals surface area contributed by atoms with Gasteiger partial charge in [0.2, 0.25) is 0 Å². The van der Waals surface area contributed by atoms with Gasteiger partial charge < -0.3 is 9.84 Å². The van der Waals surface area contributed by atoms with E-state index in [4.69, 9.17) is 10.00 Å². The number of ether oxygens (including phenoxy) is 1. The van der Waals surface area contributed by atoms with Crippen LogP contribution in [0.2, 0.25) is 0 Å². The number of hydrogen-bond acceptors (Lipinski definition) is 4. The first-order chi connectivity index (χ1) is 7.22. The van der Waals surface area contributed by atoms with E-state index in [-0.39, 0.29) is 17.1 Å². The molecule has 0 aliphatic carbocycles. The van der Waals surface area contributed by atoms with Crippen molar-refractivity contribution in [1.82, 2.24) is 0 Å². The van der Waals surface area contributed by atoms with Crippen LogP contribution < -0.4 is 4.74 Å². The van der Waals surface area contributed by atoms with Crippen LogP contribution in [-0.2, 0) is 0 Å². The van der Waals surface area contributed by atoms with Crippen LogP contribution >= 0.6 is 0 Å².